The molecule has 0 aliphatic rings. The number of aliphatic carboxylic acids is 1. The third-order valence-corrected chi connectivity index (χ3v) is 3.92. The van der Waals surface area contributed by atoms with Crippen LogP contribution in [0, 0.1) is 0 Å². The number of carbonyl (C=O) groups is 2. The van der Waals surface area contributed by atoms with Crippen LogP contribution < -0.4 is 15.4 Å². The maximum atomic E-state index is 12.6. The largest absolute Gasteiger partial charge is 0.573 e. The van der Waals surface area contributed by atoms with Crippen molar-refractivity contribution in [3.05, 3.63) is 54.4 Å². The van der Waals surface area contributed by atoms with Crippen molar-refractivity contribution in [3.63, 3.8) is 0 Å². The number of hydrogen-bond donors (Lipinski definition) is 4. The molecule has 0 spiro atoms. The van der Waals surface area contributed by atoms with Crippen LogP contribution in [0.15, 0.2) is 48.8 Å². The number of carboxylic acid groups (broad SMARTS) is 1. The summed E-state index contributed by atoms with van der Waals surface area (Å²) in [5.41, 5.74) is 1.47. The highest BCUT2D eigenvalue weighted by molar-refractivity contribution is 6.05. The molecular formula is C19H16F3N5O4. The fourth-order valence-corrected chi connectivity index (χ4v) is 2.57. The number of carboxylic acids is 1. The quantitative estimate of drug-likeness (QED) is 0.426. The van der Waals surface area contributed by atoms with Crippen molar-refractivity contribution in [2.45, 2.75) is 12.8 Å². The van der Waals surface area contributed by atoms with E-state index in [1.165, 1.54) is 30.6 Å². The molecule has 31 heavy (non-hydrogen) atoms. The van der Waals surface area contributed by atoms with Crippen molar-refractivity contribution >= 4 is 23.4 Å². The van der Waals surface area contributed by atoms with E-state index in [1.807, 2.05) is 0 Å². The van der Waals surface area contributed by atoms with Crippen molar-refractivity contribution in [2.75, 3.05) is 17.2 Å². The fraction of sp³-hybridized carbons (Fsp3) is 0.158. The fourth-order valence-electron chi connectivity index (χ4n) is 2.57. The first-order valence-corrected chi connectivity index (χ1v) is 8.84. The van der Waals surface area contributed by atoms with Gasteiger partial charge in [-0.1, -0.05) is 0 Å². The Morgan fingerprint density at radius 3 is 2.52 bits per heavy atom. The predicted molar refractivity (Wildman–Crippen MR) is 104 cm³/mol. The Hall–Kier alpha value is -4.09. The molecule has 0 unspecified atom stereocenters. The van der Waals surface area contributed by atoms with E-state index in [-0.39, 0.29) is 24.2 Å². The lowest BCUT2D eigenvalue weighted by Crippen LogP contribution is -2.17. The van der Waals surface area contributed by atoms with Gasteiger partial charge in [-0.25, -0.2) is 4.98 Å². The molecule has 0 bridgehead atoms. The molecule has 0 saturated heterocycles. The second-order valence-corrected chi connectivity index (χ2v) is 6.19. The Balaban J connectivity index is 1.76. The minimum atomic E-state index is -4.81. The number of aromatic amines is 1. The van der Waals surface area contributed by atoms with E-state index >= 15 is 0 Å². The van der Waals surface area contributed by atoms with Crippen molar-refractivity contribution in [1.29, 1.82) is 0 Å². The molecule has 162 valence electrons. The number of aromatic nitrogens is 3. The summed E-state index contributed by atoms with van der Waals surface area (Å²) in [4.78, 5) is 27.5. The molecule has 4 N–H and O–H groups in total. The molecule has 0 saturated carbocycles. The zero-order chi connectivity index (χ0) is 22.4. The second-order valence-electron chi connectivity index (χ2n) is 6.19. The number of amides is 1. The number of H-pyrrole nitrogens is 1. The number of anilines is 2. The van der Waals surface area contributed by atoms with E-state index in [0.29, 0.717) is 17.1 Å². The molecule has 12 heteroatoms. The lowest BCUT2D eigenvalue weighted by Gasteiger charge is -2.12. The Labute approximate surface area is 173 Å². The molecule has 0 aliphatic carbocycles. The summed E-state index contributed by atoms with van der Waals surface area (Å²) in [6.45, 7) is 0.126. The minimum Gasteiger partial charge on any atom is -0.481 e. The summed E-state index contributed by atoms with van der Waals surface area (Å²) in [5.74, 6) is -1.57. The van der Waals surface area contributed by atoms with Crippen molar-refractivity contribution in [3.8, 4) is 17.0 Å². The third-order valence-electron chi connectivity index (χ3n) is 3.92. The minimum absolute atomic E-state index is 0.125. The van der Waals surface area contributed by atoms with Gasteiger partial charge in [0.2, 0.25) is 0 Å². The molecule has 0 radical (unpaired) electrons. The number of rotatable bonds is 8. The number of halogens is 3. The molecule has 1 amide bonds. The molecule has 3 rings (SSSR count). The average Bonchev–Trinajstić information content (AvgIpc) is 3.23. The Morgan fingerprint density at radius 2 is 1.90 bits per heavy atom. The summed E-state index contributed by atoms with van der Waals surface area (Å²) in [6.07, 6.45) is -2.13. The zero-order valence-corrected chi connectivity index (χ0v) is 15.7. The lowest BCUT2D eigenvalue weighted by molar-refractivity contribution is -0.274. The topological polar surface area (TPSA) is 129 Å². The number of nitrogens with one attached hydrogen (secondary N) is 3. The van der Waals surface area contributed by atoms with Gasteiger partial charge in [-0.15, -0.1) is 13.2 Å². The van der Waals surface area contributed by atoms with Gasteiger partial charge in [0.25, 0.3) is 5.91 Å². The zero-order valence-electron chi connectivity index (χ0n) is 15.7. The molecule has 2 aromatic heterocycles. The highest BCUT2D eigenvalue weighted by atomic mass is 19.4. The Morgan fingerprint density at radius 1 is 1.16 bits per heavy atom. The number of pyridine rings is 1. The van der Waals surface area contributed by atoms with Crippen LogP contribution in [0.4, 0.5) is 24.7 Å². The van der Waals surface area contributed by atoms with E-state index in [1.54, 1.807) is 6.07 Å². The molecule has 3 aromatic rings. The Kier molecular flexibility index (Phi) is 6.38. The Bertz CT molecular complexity index is 1050. The van der Waals surface area contributed by atoms with E-state index < -0.39 is 24.0 Å². The number of hydrogen-bond acceptors (Lipinski definition) is 6. The normalized spacial score (nSPS) is 11.1. The number of ether oxygens (including phenoxy) is 1. The van der Waals surface area contributed by atoms with Gasteiger partial charge < -0.3 is 20.5 Å². The van der Waals surface area contributed by atoms with Crippen LogP contribution in [0.5, 0.6) is 5.75 Å². The standard InChI is InChI=1S/C19H16F3N5O4/c20-19(21,22)31-13-3-1-12(2-4-13)26-18(30)11-9-14(15-5-8-25-27-15)17(24-10-11)23-7-6-16(28)29/h1-5,8-10H,6-7H2,(H,23,24)(H,25,27)(H,26,30)(H,28,29). The van der Waals surface area contributed by atoms with Crippen LogP contribution in [-0.2, 0) is 4.79 Å². The molecule has 2 heterocycles. The average molecular weight is 435 g/mol. The first-order chi connectivity index (χ1) is 14.7. The van der Waals surface area contributed by atoms with Gasteiger partial charge in [-0.2, -0.15) is 5.10 Å². The third kappa shape index (κ3) is 6.19. The SMILES string of the molecule is O=C(O)CCNc1ncc(C(=O)Nc2ccc(OC(F)(F)F)cc2)cc1-c1ccn[nH]1. The first kappa shape index (κ1) is 21.6. The number of alkyl halides is 3. The van der Waals surface area contributed by atoms with Crippen LogP contribution in [-0.4, -0.2) is 45.1 Å². The van der Waals surface area contributed by atoms with Gasteiger partial charge >= 0.3 is 12.3 Å². The van der Waals surface area contributed by atoms with Crippen LogP contribution in [0.25, 0.3) is 11.3 Å². The summed E-state index contributed by atoms with van der Waals surface area (Å²) in [5, 5.41) is 20.8. The van der Waals surface area contributed by atoms with E-state index in [9.17, 15) is 22.8 Å². The number of benzene rings is 1. The van der Waals surface area contributed by atoms with Gasteiger partial charge in [-0.3, -0.25) is 14.7 Å². The maximum absolute atomic E-state index is 12.6. The van der Waals surface area contributed by atoms with Gasteiger partial charge in [0, 0.05) is 30.2 Å². The van der Waals surface area contributed by atoms with Crippen molar-refractivity contribution in [2.24, 2.45) is 0 Å². The second kappa shape index (κ2) is 9.15. The molecular weight excluding hydrogens is 419 g/mol. The van der Waals surface area contributed by atoms with E-state index in [2.05, 4.69) is 30.6 Å². The maximum Gasteiger partial charge on any atom is 0.573 e. The summed E-state index contributed by atoms with van der Waals surface area (Å²) in [7, 11) is 0. The summed E-state index contributed by atoms with van der Waals surface area (Å²) in [6, 6.07) is 7.87. The van der Waals surface area contributed by atoms with Crippen LogP contribution in [0.2, 0.25) is 0 Å². The molecule has 0 fully saturated rings. The molecule has 0 aliphatic heterocycles. The monoisotopic (exact) mass is 435 g/mol. The van der Waals surface area contributed by atoms with Gasteiger partial charge in [0.1, 0.15) is 11.6 Å². The van der Waals surface area contributed by atoms with E-state index in [4.69, 9.17) is 5.11 Å². The van der Waals surface area contributed by atoms with Gasteiger partial charge in [0.15, 0.2) is 0 Å². The number of nitrogens with zero attached hydrogens (tertiary/aromatic N) is 2. The summed E-state index contributed by atoms with van der Waals surface area (Å²) < 4.78 is 40.5. The molecule has 0 atom stereocenters. The van der Waals surface area contributed by atoms with Crippen molar-refractivity contribution in [1.82, 2.24) is 15.2 Å². The van der Waals surface area contributed by atoms with Crippen LogP contribution in [0.3, 0.4) is 0 Å². The van der Waals surface area contributed by atoms with E-state index in [0.717, 1.165) is 12.1 Å². The van der Waals surface area contributed by atoms with Crippen molar-refractivity contribution < 1.29 is 32.6 Å². The van der Waals surface area contributed by atoms with Gasteiger partial charge in [-0.05, 0) is 36.4 Å². The highest BCUT2D eigenvalue weighted by Crippen LogP contribution is 2.27. The highest BCUT2D eigenvalue weighted by Gasteiger charge is 2.31. The lowest BCUT2D eigenvalue weighted by atomic mass is 10.1. The van der Waals surface area contributed by atoms with Crippen LogP contribution >= 0.6 is 0 Å². The molecule has 9 nitrogen and oxygen atoms in total. The molecule has 1 aromatic carbocycles. The van der Waals surface area contributed by atoms with Crippen LogP contribution in [0.1, 0.15) is 16.8 Å². The van der Waals surface area contributed by atoms with Gasteiger partial charge in [0.05, 0.1) is 17.7 Å². The number of carbonyl (C=O) groups excluding carboxylic acids is 1. The smallest absolute Gasteiger partial charge is 0.481 e. The summed E-state index contributed by atoms with van der Waals surface area (Å²) >= 11 is 0. The first-order valence-electron chi connectivity index (χ1n) is 8.84. The predicted octanol–water partition coefficient (Wildman–Crippen LogP) is 3.51.